The third-order valence-electron chi connectivity index (χ3n) is 3.12. The number of aromatic carboxylic acids is 1. The summed E-state index contributed by atoms with van der Waals surface area (Å²) in [5, 5.41) is 9.10. The number of carboxylic acids is 1. The topological polar surface area (TPSA) is 42.2 Å². The quantitative estimate of drug-likeness (QED) is 0.896. The Bertz CT molecular complexity index is 552. The lowest BCUT2D eigenvalue weighted by atomic mass is 10.1. The first-order chi connectivity index (χ1) is 8.61. The summed E-state index contributed by atoms with van der Waals surface area (Å²) in [6.07, 6.45) is 2.57. The average molecular weight is 243 g/mol. The molecule has 0 fully saturated rings. The summed E-state index contributed by atoms with van der Waals surface area (Å²) >= 11 is 0. The van der Waals surface area contributed by atoms with Crippen molar-refractivity contribution in [2.45, 2.75) is 26.8 Å². The van der Waals surface area contributed by atoms with Crippen LogP contribution in [0.25, 0.3) is 0 Å². The molecule has 1 heterocycles. The Balaban J connectivity index is 2.29. The Morgan fingerprint density at radius 1 is 1.22 bits per heavy atom. The lowest BCUT2D eigenvalue weighted by molar-refractivity contribution is 0.0695. The third kappa shape index (κ3) is 2.45. The molecule has 1 aromatic heterocycles. The lowest BCUT2D eigenvalue weighted by Crippen LogP contribution is -2.06. The average Bonchev–Trinajstić information content (AvgIpc) is 2.75. The smallest absolute Gasteiger partial charge is 0.337 e. The number of rotatable bonds is 4. The summed E-state index contributed by atoms with van der Waals surface area (Å²) < 4.78 is 2.01. The fraction of sp³-hybridized carbons (Fsp3) is 0.267. The van der Waals surface area contributed by atoms with Gasteiger partial charge in [0.05, 0.1) is 5.56 Å². The van der Waals surface area contributed by atoms with E-state index in [1.165, 1.54) is 11.1 Å². The van der Waals surface area contributed by atoms with E-state index in [-0.39, 0.29) is 0 Å². The van der Waals surface area contributed by atoms with E-state index in [2.05, 4.69) is 31.2 Å². The van der Waals surface area contributed by atoms with Gasteiger partial charge in [0, 0.05) is 18.4 Å². The van der Waals surface area contributed by atoms with E-state index in [1.54, 1.807) is 6.07 Å². The van der Waals surface area contributed by atoms with Crippen LogP contribution in [-0.2, 0) is 13.0 Å². The lowest BCUT2D eigenvalue weighted by Gasteiger charge is -2.09. The highest BCUT2D eigenvalue weighted by atomic mass is 16.4. The number of aromatic nitrogens is 1. The van der Waals surface area contributed by atoms with Gasteiger partial charge in [0.15, 0.2) is 0 Å². The standard InChI is InChI=1S/C15H17NO2/c1-3-14-13(15(17)18)8-9-16(14)10-12-6-4-11(2)5-7-12/h4-9H,3,10H2,1-2H3,(H,17,18). The van der Waals surface area contributed by atoms with Gasteiger partial charge in [-0.05, 0) is 25.0 Å². The molecule has 0 atom stereocenters. The molecule has 94 valence electrons. The molecular weight excluding hydrogens is 226 g/mol. The third-order valence-corrected chi connectivity index (χ3v) is 3.12. The van der Waals surface area contributed by atoms with Crippen molar-refractivity contribution >= 4 is 5.97 Å². The second-order valence-corrected chi connectivity index (χ2v) is 4.45. The molecule has 0 radical (unpaired) electrons. The first-order valence-electron chi connectivity index (χ1n) is 6.08. The van der Waals surface area contributed by atoms with Crippen LogP contribution in [-0.4, -0.2) is 15.6 Å². The number of aryl methyl sites for hydroxylation is 1. The molecule has 1 aromatic carbocycles. The van der Waals surface area contributed by atoms with Gasteiger partial charge in [-0.15, -0.1) is 0 Å². The minimum atomic E-state index is -0.852. The van der Waals surface area contributed by atoms with Crippen LogP contribution in [0, 0.1) is 6.92 Å². The number of hydrogen-bond donors (Lipinski definition) is 1. The van der Waals surface area contributed by atoms with Crippen molar-refractivity contribution in [3.8, 4) is 0 Å². The molecule has 0 aliphatic carbocycles. The molecule has 0 aliphatic rings. The predicted octanol–water partition coefficient (Wildman–Crippen LogP) is 3.11. The molecular formula is C15H17NO2. The Morgan fingerprint density at radius 3 is 2.44 bits per heavy atom. The van der Waals surface area contributed by atoms with Gasteiger partial charge in [-0.1, -0.05) is 36.8 Å². The van der Waals surface area contributed by atoms with Crippen molar-refractivity contribution in [1.82, 2.24) is 4.57 Å². The van der Waals surface area contributed by atoms with Crippen molar-refractivity contribution in [3.05, 3.63) is 58.9 Å². The minimum Gasteiger partial charge on any atom is -0.478 e. The van der Waals surface area contributed by atoms with E-state index in [4.69, 9.17) is 5.11 Å². The molecule has 1 N–H and O–H groups in total. The van der Waals surface area contributed by atoms with Gasteiger partial charge in [-0.2, -0.15) is 0 Å². The van der Waals surface area contributed by atoms with Crippen LogP contribution in [0.2, 0.25) is 0 Å². The van der Waals surface area contributed by atoms with Crippen LogP contribution in [0.1, 0.15) is 34.1 Å². The van der Waals surface area contributed by atoms with Crippen molar-refractivity contribution < 1.29 is 9.90 Å². The molecule has 0 unspecified atom stereocenters. The zero-order chi connectivity index (χ0) is 13.1. The number of nitrogens with zero attached hydrogens (tertiary/aromatic N) is 1. The normalized spacial score (nSPS) is 10.6. The fourth-order valence-corrected chi connectivity index (χ4v) is 2.13. The maximum atomic E-state index is 11.1. The molecule has 2 aromatic rings. The molecule has 3 heteroatoms. The number of carbonyl (C=O) groups is 1. The molecule has 0 saturated heterocycles. The van der Waals surface area contributed by atoms with Crippen LogP contribution in [0.3, 0.4) is 0 Å². The van der Waals surface area contributed by atoms with Crippen LogP contribution in [0.5, 0.6) is 0 Å². The van der Waals surface area contributed by atoms with Gasteiger partial charge >= 0.3 is 5.97 Å². The first-order valence-corrected chi connectivity index (χ1v) is 6.08. The van der Waals surface area contributed by atoms with E-state index < -0.39 is 5.97 Å². The number of benzene rings is 1. The Labute approximate surface area is 107 Å². The summed E-state index contributed by atoms with van der Waals surface area (Å²) in [4.78, 5) is 11.1. The molecule has 0 spiro atoms. The molecule has 2 rings (SSSR count). The molecule has 0 aliphatic heterocycles. The van der Waals surface area contributed by atoms with E-state index >= 15 is 0 Å². The van der Waals surface area contributed by atoms with Crippen LogP contribution in [0.15, 0.2) is 36.5 Å². The first kappa shape index (κ1) is 12.4. The van der Waals surface area contributed by atoms with E-state index in [0.717, 1.165) is 18.7 Å². The van der Waals surface area contributed by atoms with Crippen molar-refractivity contribution in [2.75, 3.05) is 0 Å². The largest absolute Gasteiger partial charge is 0.478 e. The highest BCUT2D eigenvalue weighted by Gasteiger charge is 2.13. The number of hydrogen-bond acceptors (Lipinski definition) is 1. The van der Waals surface area contributed by atoms with Crippen molar-refractivity contribution in [3.63, 3.8) is 0 Å². The van der Waals surface area contributed by atoms with Crippen LogP contribution < -0.4 is 0 Å². The van der Waals surface area contributed by atoms with Crippen molar-refractivity contribution in [1.29, 1.82) is 0 Å². The predicted molar refractivity (Wildman–Crippen MR) is 71.1 cm³/mol. The van der Waals surface area contributed by atoms with Gasteiger partial charge in [-0.3, -0.25) is 0 Å². The molecule has 3 nitrogen and oxygen atoms in total. The van der Waals surface area contributed by atoms with Crippen LogP contribution in [0.4, 0.5) is 0 Å². The molecule has 18 heavy (non-hydrogen) atoms. The molecule has 0 saturated carbocycles. The SMILES string of the molecule is CCc1c(C(=O)O)ccn1Cc1ccc(C)cc1. The second-order valence-electron chi connectivity index (χ2n) is 4.45. The Kier molecular flexibility index (Phi) is 3.51. The molecule has 0 bridgehead atoms. The highest BCUT2D eigenvalue weighted by molar-refractivity contribution is 5.89. The zero-order valence-electron chi connectivity index (χ0n) is 10.7. The zero-order valence-corrected chi connectivity index (χ0v) is 10.7. The van der Waals surface area contributed by atoms with Crippen molar-refractivity contribution in [2.24, 2.45) is 0 Å². The summed E-state index contributed by atoms with van der Waals surface area (Å²) in [5.41, 5.74) is 3.70. The summed E-state index contributed by atoms with van der Waals surface area (Å²) in [7, 11) is 0. The minimum absolute atomic E-state index is 0.407. The van der Waals surface area contributed by atoms with Gasteiger partial charge in [0.1, 0.15) is 0 Å². The molecule has 0 amide bonds. The van der Waals surface area contributed by atoms with Gasteiger partial charge in [0.25, 0.3) is 0 Å². The summed E-state index contributed by atoms with van der Waals surface area (Å²) in [6.45, 7) is 4.75. The van der Waals surface area contributed by atoms with E-state index in [0.29, 0.717) is 5.56 Å². The summed E-state index contributed by atoms with van der Waals surface area (Å²) in [5.74, 6) is -0.852. The maximum absolute atomic E-state index is 11.1. The summed E-state index contributed by atoms with van der Waals surface area (Å²) in [6, 6.07) is 9.98. The van der Waals surface area contributed by atoms with Gasteiger partial charge < -0.3 is 9.67 Å². The Hall–Kier alpha value is -2.03. The van der Waals surface area contributed by atoms with E-state index in [1.807, 2.05) is 17.7 Å². The van der Waals surface area contributed by atoms with Crippen LogP contribution >= 0.6 is 0 Å². The van der Waals surface area contributed by atoms with E-state index in [9.17, 15) is 4.79 Å². The maximum Gasteiger partial charge on any atom is 0.337 e. The van der Waals surface area contributed by atoms with Gasteiger partial charge in [0.2, 0.25) is 0 Å². The highest BCUT2D eigenvalue weighted by Crippen LogP contribution is 2.15. The van der Waals surface area contributed by atoms with Gasteiger partial charge in [-0.25, -0.2) is 4.79 Å². The number of carboxylic acid groups (broad SMARTS) is 1. The fourth-order valence-electron chi connectivity index (χ4n) is 2.13. The Morgan fingerprint density at radius 2 is 1.89 bits per heavy atom. The monoisotopic (exact) mass is 243 g/mol. The second kappa shape index (κ2) is 5.08.